The lowest BCUT2D eigenvalue weighted by molar-refractivity contribution is 0.828. The third kappa shape index (κ3) is 3.82. The van der Waals surface area contributed by atoms with E-state index in [2.05, 4.69) is 70.4 Å². The molecule has 1 aromatic rings. The Kier molecular flexibility index (Phi) is 5.65. The van der Waals surface area contributed by atoms with E-state index in [0.717, 1.165) is 12.2 Å². The molecule has 0 unspecified atom stereocenters. The van der Waals surface area contributed by atoms with E-state index in [-0.39, 0.29) is 0 Å². The molecule has 0 heterocycles. The van der Waals surface area contributed by atoms with Gasteiger partial charge in [-0.1, -0.05) is 57.7 Å². The van der Waals surface area contributed by atoms with Crippen LogP contribution in [0.3, 0.4) is 0 Å². The maximum atomic E-state index is 4.20. The molecule has 0 bridgehead atoms. The lowest BCUT2D eigenvalue weighted by atomic mass is 9.89. The molecule has 0 saturated carbocycles. The van der Waals surface area contributed by atoms with Crippen LogP contribution < -0.4 is 0 Å². The van der Waals surface area contributed by atoms with Crippen molar-refractivity contribution in [1.82, 2.24) is 0 Å². The SMILES string of the molecule is CC(C)c1cccc(C(C)C)c1C#CCCS. The second kappa shape index (κ2) is 6.77. The van der Waals surface area contributed by atoms with Crippen molar-refractivity contribution in [1.29, 1.82) is 0 Å². The van der Waals surface area contributed by atoms with Gasteiger partial charge in [0.25, 0.3) is 0 Å². The fraction of sp³-hybridized carbons (Fsp3) is 0.500. The van der Waals surface area contributed by atoms with Crippen molar-refractivity contribution in [2.45, 2.75) is 46.0 Å². The molecule has 0 spiro atoms. The van der Waals surface area contributed by atoms with Crippen molar-refractivity contribution in [3.05, 3.63) is 34.9 Å². The van der Waals surface area contributed by atoms with E-state index < -0.39 is 0 Å². The van der Waals surface area contributed by atoms with Crippen LogP contribution in [0.2, 0.25) is 0 Å². The largest absolute Gasteiger partial charge is 0.178 e. The average molecular weight is 246 g/mol. The van der Waals surface area contributed by atoms with Gasteiger partial charge in [0.2, 0.25) is 0 Å². The molecule has 0 aromatic heterocycles. The quantitative estimate of drug-likeness (QED) is 0.584. The van der Waals surface area contributed by atoms with E-state index in [1.54, 1.807) is 0 Å². The first-order chi connectivity index (χ1) is 8.07. The maximum Gasteiger partial charge on any atom is 0.0314 e. The molecular formula is C16H22S. The van der Waals surface area contributed by atoms with E-state index in [1.807, 2.05) is 0 Å². The van der Waals surface area contributed by atoms with E-state index >= 15 is 0 Å². The van der Waals surface area contributed by atoms with Crippen molar-refractivity contribution >= 4 is 12.6 Å². The molecule has 17 heavy (non-hydrogen) atoms. The highest BCUT2D eigenvalue weighted by Crippen LogP contribution is 2.26. The summed E-state index contributed by atoms with van der Waals surface area (Å²) < 4.78 is 0. The number of benzene rings is 1. The summed E-state index contributed by atoms with van der Waals surface area (Å²) in [5.41, 5.74) is 3.96. The zero-order valence-electron chi connectivity index (χ0n) is 11.2. The second-order valence-corrected chi connectivity index (χ2v) is 5.34. The first-order valence-corrected chi connectivity index (χ1v) is 6.93. The zero-order valence-corrected chi connectivity index (χ0v) is 12.1. The van der Waals surface area contributed by atoms with Crippen molar-refractivity contribution in [3.63, 3.8) is 0 Å². The molecular weight excluding hydrogens is 224 g/mol. The predicted octanol–water partition coefficient (Wildman–Crippen LogP) is 4.60. The van der Waals surface area contributed by atoms with Crippen LogP contribution in [0.25, 0.3) is 0 Å². The Morgan fingerprint density at radius 1 is 1.06 bits per heavy atom. The Morgan fingerprint density at radius 2 is 1.59 bits per heavy atom. The molecule has 92 valence electrons. The Balaban J connectivity index is 3.25. The normalized spacial score (nSPS) is 10.5. The number of thiol groups is 1. The average Bonchev–Trinajstić information content (AvgIpc) is 2.28. The summed E-state index contributed by atoms with van der Waals surface area (Å²) in [6.07, 6.45) is 0.854. The summed E-state index contributed by atoms with van der Waals surface area (Å²) in [6.45, 7) is 8.90. The highest BCUT2D eigenvalue weighted by atomic mass is 32.1. The summed E-state index contributed by atoms with van der Waals surface area (Å²) in [5, 5.41) is 0. The van der Waals surface area contributed by atoms with Gasteiger partial charge in [0.15, 0.2) is 0 Å². The van der Waals surface area contributed by atoms with Gasteiger partial charge in [-0.3, -0.25) is 0 Å². The summed E-state index contributed by atoms with van der Waals surface area (Å²) in [7, 11) is 0. The highest BCUT2D eigenvalue weighted by Gasteiger charge is 2.11. The van der Waals surface area contributed by atoms with Gasteiger partial charge in [0.1, 0.15) is 0 Å². The van der Waals surface area contributed by atoms with Crippen molar-refractivity contribution in [2.24, 2.45) is 0 Å². The minimum atomic E-state index is 0.522. The van der Waals surface area contributed by atoms with E-state index in [9.17, 15) is 0 Å². The van der Waals surface area contributed by atoms with Gasteiger partial charge in [0, 0.05) is 17.7 Å². The van der Waals surface area contributed by atoms with Gasteiger partial charge in [0.05, 0.1) is 0 Å². The Labute approximate surface area is 111 Å². The van der Waals surface area contributed by atoms with E-state index in [0.29, 0.717) is 11.8 Å². The number of rotatable bonds is 3. The van der Waals surface area contributed by atoms with Crippen molar-refractivity contribution in [3.8, 4) is 11.8 Å². The molecule has 0 aliphatic carbocycles. The molecule has 1 heteroatoms. The van der Waals surface area contributed by atoms with Crippen molar-refractivity contribution in [2.75, 3.05) is 5.75 Å². The minimum absolute atomic E-state index is 0.522. The number of hydrogen-bond acceptors (Lipinski definition) is 1. The lowest BCUT2D eigenvalue weighted by Crippen LogP contribution is -2.00. The van der Waals surface area contributed by atoms with E-state index in [4.69, 9.17) is 0 Å². The van der Waals surface area contributed by atoms with Gasteiger partial charge in [-0.25, -0.2) is 0 Å². The topological polar surface area (TPSA) is 0 Å². The molecule has 0 aliphatic heterocycles. The summed E-state index contributed by atoms with van der Waals surface area (Å²) >= 11 is 4.20. The molecule has 0 nitrogen and oxygen atoms in total. The monoisotopic (exact) mass is 246 g/mol. The third-order valence-electron chi connectivity index (χ3n) is 2.82. The smallest absolute Gasteiger partial charge is 0.0314 e. The maximum absolute atomic E-state index is 4.20. The first kappa shape index (κ1) is 14.2. The van der Waals surface area contributed by atoms with Crippen LogP contribution in [0.4, 0.5) is 0 Å². The Bertz CT molecular complexity index is 393. The molecule has 0 fully saturated rings. The van der Waals surface area contributed by atoms with Crippen LogP contribution in [-0.4, -0.2) is 5.75 Å². The molecule has 0 N–H and O–H groups in total. The van der Waals surface area contributed by atoms with Crippen LogP contribution >= 0.6 is 12.6 Å². The molecule has 1 rings (SSSR count). The molecule has 0 amide bonds. The molecule has 1 aromatic carbocycles. The van der Waals surface area contributed by atoms with Crippen LogP contribution in [0.1, 0.15) is 62.6 Å². The fourth-order valence-electron chi connectivity index (χ4n) is 1.90. The molecule has 0 atom stereocenters. The van der Waals surface area contributed by atoms with Gasteiger partial charge in [-0.2, -0.15) is 12.6 Å². The summed E-state index contributed by atoms with van der Waals surface area (Å²) in [6, 6.07) is 6.54. The van der Waals surface area contributed by atoms with Crippen LogP contribution in [0.5, 0.6) is 0 Å². The summed E-state index contributed by atoms with van der Waals surface area (Å²) in [4.78, 5) is 0. The predicted molar refractivity (Wildman–Crippen MR) is 80.0 cm³/mol. The molecule has 0 radical (unpaired) electrons. The second-order valence-electron chi connectivity index (χ2n) is 4.90. The standard InChI is InChI=1S/C16H22S/c1-12(2)14-9-7-10-15(13(3)4)16(14)8-5-6-11-17/h7,9-10,12-13,17H,6,11H2,1-4H3. The minimum Gasteiger partial charge on any atom is -0.178 e. The van der Waals surface area contributed by atoms with Crippen LogP contribution in [-0.2, 0) is 0 Å². The van der Waals surface area contributed by atoms with Gasteiger partial charge in [-0.15, -0.1) is 0 Å². The first-order valence-electron chi connectivity index (χ1n) is 6.30. The van der Waals surface area contributed by atoms with Gasteiger partial charge in [-0.05, 0) is 23.0 Å². The molecule has 0 saturated heterocycles. The van der Waals surface area contributed by atoms with Crippen LogP contribution in [0.15, 0.2) is 18.2 Å². The van der Waals surface area contributed by atoms with Gasteiger partial charge < -0.3 is 0 Å². The van der Waals surface area contributed by atoms with Crippen molar-refractivity contribution < 1.29 is 0 Å². The molecule has 0 aliphatic rings. The zero-order chi connectivity index (χ0) is 12.8. The highest BCUT2D eigenvalue weighted by molar-refractivity contribution is 7.80. The lowest BCUT2D eigenvalue weighted by Gasteiger charge is -2.15. The van der Waals surface area contributed by atoms with E-state index in [1.165, 1.54) is 16.7 Å². The number of hydrogen-bond donors (Lipinski definition) is 1. The summed E-state index contributed by atoms with van der Waals surface area (Å²) in [5.74, 6) is 8.43. The Morgan fingerprint density at radius 3 is 2.00 bits per heavy atom. The van der Waals surface area contributed by atoms with Crippen LogP contribution in [0, 0.1) is 11.8 Å². The third-order valence-corrected chi connectivity index (χ3v) is 3.05. The Hall–Kier alpha value is -0.870. The fourth-order valence-corrected chi connectivity index (χ4v) is 2.01. The van der Waals surface area contributed by atoms with Gasteiger partial charge >= 0.3 is 0 Å².